The van der Waals surface area contributed by atoms with Crippen molar-refractivity contribution >= 4 is 46.2 Å². The lowest BCUT2D eigenvalue weighted by atomic mass is 10.0. The van der Waals surface area contributed by atoms with Crippen molar-refractivity contribution in [3.8, 4) is 11.1 Å². The van der Waals surface area contributed by atoms with Gasteiger partial charge >= 0.3 is 5.97 Å². The van der Waals surface area contributed by atoms with Crippen LogP contribution in [0.15, 0.2) is 72.9 Å². The van der Waals surface area contributed by atoms with E-state index in [4.69, 9.17) is 28.3 Å². The van der Waals surface area contributed by atoms with Gasteiger partial charge in [0.15, 0.2) is 0 Å². The Labute approximate surface area is 165 Å². The molecule has 0 aliphatic carbocycles. The maximum atomic E-state index is 11.1. The lowest BCUT2D eigenvalue weighted by Crippen LogP contribution is -1.96. The molecule has 4 rings (SSSR count). The Morgan fingerprint density at radius 1 is 0.926 bits per heavy atom. The summed E-state index contributed by atoms with van der Waals surface area (Å²) in [6.07, 6.45) is 1.94. The van der Waals surface area contributed by atoms with Gasteiger partial charge in [0, 0.05) is 11.8 Å². The molecule has 0 unspecified atom stereocenters. The second-order valence-electron chi connectivity index (χ2n) is 6.00. The zero-order valence-corrected chi connectivity index (χ0v) is 15.5. The molecule has 6 heteroatoms. The summed E-state index contributed by atoms with van der Waals surface area (Å²) < 4.78 is 2.00. The first-order valence-electron chi connectivity index (χ1n) is 8.19. The lowest BCUT2D eigenvalue weighted by molar-refractivity contribution is 0.0697. The van der Waals surface area contributed by atoms with Crippen LogP contribution in [0.25, 0.3) is 16.6 Å². The largest absolute Gasteiger partial charge is 0.478 e. The molecule has 0 amide bonds. The van der Waals surface area contributed by atoms with Crippen LogP contribution < -0.4 is 5.32 Å². The fourth-order valence-electron chi connectivity index (χ4n) is 3.02. The van der Waals surface area contributed by atoms with Gasteiger partial charge in [-0.25, -0.2) is 4.79 Å². The Bertz CT molecular complexity index is 1130. The Hall–Kier alpha value is -2.95. The normalized spacial score (nSPS) is 10.9. The van der Waals surface area contributed by atoms with Gasteiger partial charge in [-0.05, 0) is 48.0 Å². The number of benzene rings is 2. The van der Waals surface area contributed by atoms with Crippen LogP contribution in [-0.4, -0.2) is 15.5 Å². The second kappa shape index (κ2) is 6.99. The van der Waals surface area contributed by atoms with Crippen LogP contribution in [0.3, 0.4) is 0 Å². The highest BCUT2D eigenvalue weighted by atomic mass is 35.5. The molecule has 2 aromatic heterocycles. The Kier molecular flexibility index (Phi) is 4.52. The fourth-order valence-corrected chi connectivity index (χ4v) is 3.51. The lowest BCUT2D eigenvalue weighted by Gasteiger charge is -2.10. The molecule has 4 aromatic rings. The van der Waals surface area contributed by atoms with Crippen molar-refractivity contribution in [3.63, 3.8) is 0 Å². The minimum Gasteiger partial charge on any atom is -0.478 e. The third-order valence-electron chi connectivity index (χ3n) is 4.34. The van der Waals surface area contributed by atoms with Crippen LogP contribution >= 0.6 is 23.2 Å². The number of para-hydroxylation sites is 1. The van der Waals surface area contributed by atoms with Gasteiger partial charge in [-0.15, -0.1) is 0 Å². The molecule has 0 bridgehead atoms. The van der Waals surface area contributed by atoms with Gasteiger partial charge in [0.1, 0.15) is 5.82 Å². The molecule has 2 N–H and O–H groups in total. The van der Waals surface area contributed by atoms with Crippen LogP contribution in [0, 0.1) is 0 Å². The molecule has 0 saturated carbocycles. The van der Waals surface area contributed by atoms with E-state index in [-0.39, 0.29) is 5.56 Å². The summed E-state index contributed by atoms with van der Waals surface area (Å²) >= 11 is 12.6. The summed E-state index contributed by atoms with van der Waals surface area (Å²) in [6.45, 7) is 0. The Morgan fingerprint density at radius 2 is 1.63 bits per heavy atom. The molecule has 2 aromatic carbocycles. The minimum atomic E-state index is -0.945. The van der Waals surface area contributed by atoms with Gasteiger partial charge in [-0.3, -0.25) is 0 Å². The predicted octanol–water partition coefficient (Wildman–Crippen LogP) is 6.35. The number of fused-ring (bicyclic) bond motifs is 1. The van der Waals surface area contributed by atoms with E-state index in [1.54, 1.807) is 42.5 Å². The Morgan fingerprint density at radius 3 is 2.30 bits per heavy atom. The number of carboxylic acid groups (broad SMARTS) is 1. The number of aromatic carboxylic acids is 1. The summed E-state index contributed by atoms with van der Waals surface area (Å²) in [4.78, 5) is 11.1. The van der Waals surface area contributed by atoms with Crippen molar-refractivity contribution in [2.75, 3.05) is 5.32 Å². The first kappa shape index (κ1) is 17.5. The molecular formula is C21H14Cl2N2O2. The Balaban J connectivity index is 1.83. The zero-order valence-electron chi connectivity index (χ0n) is 14.0. The van der Waals surface area contributed by atoms with Crippen molar-refractivity contribution in [1.29, 1.82) is 0 Å². The maximum Gasteiger partial charge on any atom is 0.335 e. The molecule has 4 nitrogen and oxygen atoms in total. The predicted molar refractivity (Wildman–Crippen MR) is 110 cm³/mol. The second-order valence-corrected chi connectivity index (χ2v) is 6.82. The number of carbonyl (C=O) groups is 1. The third-order valence-corrected chi connectivity index (χ3v) is 4.97. The quantitative estimate of drug-likeness (QED) is 0.422. The summed E-state index contributed by atoms with van der Waals surface area (Å²) in [7, 11) is 0. The molecule has 134 valence electrons. The van der Waals surface area contributed by atoms with E-state index in [1.165, 1.54) is 0 Å². The van der Waals surface area contributed by atoms with Crippen molar-refractivity contribution in [1.82, 2.24) is 4.40 Å². The molecule has 0 spiro atoms. The molecule has 0 radical (unpaired) electrons. The smallest absolute Gasteiger partial charge is 0.335 e. The van der Waals surface area contributed by atoms with E-state index in [2.05, 4.69) is 5.32 Å². The van der Waals surface area contributed by atoms with Crippen LogP contribution in [0.1, 0.15) is 10.4 Å². The molecule has 0 atom stereocenters. The van der Waals surface area contributed by atoms with E-state index in [0.717, 1.165) is 22.5 Å². The molecule has 0 saturated heterocycles. The van der Waals surface area contributed by atoms with E-state index in [1.807, 2.05) is 34.9 Å². The van der Waals surface area contributed by atoms with E-state index < -0.39 is 5.97 Å². The SMILES string of the molecule is O=C(O)c1ccc(-c2cc(Nc3c(Cl)cccc3Cl)n3ccccc23)cc1. The number of rotatable bonds is 4. The first-order valence-corrected chi connectivity index (χ1v) is 8.95. The number of nitrogens with zero attached hydrogens (tertiary/aromatic N) is 1. The number of aromatic nitrogens is 1. The minimum absolute atomic E-state index is 0.253. The average Bonchev–Trinajstić information content (AvgIpc) is 3.04. The van der Waals surface area contributed by atoms with E-state index in [9.17, 15) is 4.79 Å². The number of hydrogen-bond donors (Lipinski definition) is 2. The summed E-state index contributed by atoms with van der Waals surface area (Å²) in [5, 5.41) is 13.5. The monoisotopic (exact) mass is 396 g/mol. The van der Waals surface area contributed by atoms with Crippen LogP contribution in [0.2, 0.25) is 10.0 Å². The summed E-state index contributed by atoms with van der Waals surface area (Å²) in [5.74, 6) is -0.142. The topological polar surface area (TPSA) is 53.7 Å². The van der Waals surface area contributed by atoms with Gasteiger partial charge < -0.3 is 14.8 Å². The summed E-state index contributed by atoms with van der Waals surface area (Å²) in [5.41, 5.74) is 3.76. The molecule has 0 aliphatic heterocycles. The zero-order chi connectivity index (χ0) is 19.0. The molecule has 0 aliphatic rings. The van der Waals surface area contributed by atoms with Gasteiger partial charge in [-0.2, -0.15) is 0 Å². The third kappa shape index (κ3) is 3.25. The van der Waals surface area contributed by atoms with E-state index in [0.29, 0.717) is 15.7 Å². The van der Waals surface area contributed by atoms with Crippen LogP contribution in [-0.2, 0) is 0 Å². The van der Waals surface area contributed by atoms with Crippen molar-refractivity contribution in [2.45, 2.75) is 0 Å². The number of carboxylic acids is 1. The number of halogens is 2. The maximum absolute atomic E-state index is 11.1. The number of nitrogens with one attached hydrogen (secondary N) is 1. The highest BCUT2D eigenvalue weighted by molar-refractivity contribution is 6.39. The van der Waals surface area contributed by atoms with Crippen LogP contribution in [0.5, 0.6) is 0 Å². The van der Waals surface area contributed by atoms with Gasteiger partial charge in [0.2, 0.25) is 0 Å². The fraction of sp³-hybridized carbons (Fsp3) is 0. The van der Waals surface area contributed by atoms with Crippen molar-refractivity contribution in [2.24, 2.45) is 0 Å². The average molecular weight is 397 g/mol. The number of anilines is 2. The standard InChI is InChI=1S/C21H14Cl2N2O2/c22-16-4-3-5-17(23)20(16)24-19-12-15(18-6-1-2-11-25(18)19)13-7-9-14(10-8-13)21(26)27/h1-12,24H,(H,26,27). The summed E-state index contributed by atoms with van der Waals surface area (Å²) in [6, 6.07) is 20.0. The highest BCUT2D eigenvalue weighted by Crippen LogP contribution is 2.36. The number of pyridine rings is 1. The van der Waals surface area contributed by atoms with Crippen LogP contribution in [0.4, 0.5) is 11.5 Å². The highest BCUT2D eigenvalue weighted by Gasteiger charge is 2.14. The first-order chi connectivity index (χ1) is 13.0. The van der Waals surface area contributed by atoms with Gasteiger partial charge in [0.05, 0.1) is 26.8 Å². The number of hydrogen-bond acceptors (Lipinski definition) is 2. The molecular weight excluding hydrogens is 383 g/mol. The molecule has 0 fully saturated rings. The van der Waals surface area contributed by atoms with Gasteiger partial charge in [-0.1, -0.05) is 47.5 Å². The van der Waals surface area contributed by atoms with E-state index >= 15 is 0 Å². The van der Waals surface area contributed by atoms with Crippen molar-refractivity contribution in [3.05, 3.63) is 88.5 Å². The molecule has 27 heavy (non-hydrogen) atoms. The molecule has 2 heterocycles. The van der Waals surface area contributed by atoms with Gasteiger partial charge in [0.25, 0.3) is 0 Å². The van der Waals surface area contributed by atoms with Crippen molar-refractivity contribution < 1.29 is 9.90 Å².